The molecule has 0 unspecified atom stereocenters. The fourth-order valence-corrected chi connectivity index (χ4v) is 0.286. The number of hydrogen-bond donors (Lipinski definition) is 1. The van der Waals surface area contributed by atoms with Crippen LogP contribution in [0, 0.1) is 11.3 Å². The van der Waals surface area contributed by atoms with Crippen LogP contribution in [0.1, 0.15) is 20.3 Å². The van der Waals surface area contributed by atoms with Gasteiger partial charge in [0.2, 0.25) is 0 Å². The highest BCUT2D eigenvalue weighted by molar-refractivity contribution is 4.86. The van der Waals surface area contributed by atoms with Gasteiger partial charge in [-0.3, -0.25) is 0 Å². The molecular weight excluding hydrogens is 100 g/mol. The highest BCUT2D eigenvalue weighted by Gasteiger charge is 2.12. The molecule has 0 fully saturated rings. The maximum Gasteiger partial charge on any atom is 0.0640 e. The lowest BCUT2D eigenvalue weighted by molar-refractivity contribution is 0.434. The zero-order chi connectivity index (χ0) is 6.62. The minimum Gasteiger partial charge on any atom is -0.314 e. The SMILES string of the molecule is CNC(C)(C)CC#N. The summed E-state index contributed by atoms with van der Waals surface area (Å²) in [6, 6.07) is 2.10. The Morgan fingerprint density at radius 2 is 2.12 bits per heavy atom. The summed E-state index contributed by atoms with van der Waals surface area (Å²) in [5.74, 6) is 0. The molecule has 0 saturated carbocycles. The molecule has 0 heterocycles. The van der Waals surface area contributed by atoms with E-state index in [0.29, 0.717) is 6.42 Å². The monoisotopic (exact) mass is 112 g/mol. The molecule has 2 nitrogen and oxygen atoms in total. The van der Waals surface area contributed by atoms with Gasteiger partial charge in [-0.15, -0.1) is 0 Å². The Bertz CT molecular complexity index is 99.6. The van der Waals surface area contributed by atoms with E-state index < -0.39 is 0 Å². The fourth-order valence-electron chi connectivity index (χ4n) is 0.286. The molecule has 2 heteroatoms. The van der Waals surface area contributed by atoms with Gasteiger partial charge in [-0.05, 0) is 20.9 Å². The van der Waals surface area contributed by atoms with E-state index in [1.807, 2.05) is 20.9 Å². The third-order valence-electron chi connectivity index (χ3n) is 1.20. The second kappa shape index (κ2) is 2.68. The van der Waals surface area contributed by atoms with Gasteiger partial charge in [-0.2, -0.15) is 5.26 Å². The molecular formula is C6H12N2. The summed E-state index contributed by atoms with van der Waals surface area (Å²) in [6.07, 6.45) is 0.559. The minimum atomic E-state index is -0.0191. The standard InChI is InChI=1S/C6H12N2/c1-6(2,8-3)4-5-7/h8H,4H2,1-3H3. The van der Waals surface area contributed by atoms with Crippen molar-refractivity contribution in [1.82, 2.24) is 5.32 Å². The molecule has 0 radical (unpaired) electrons. The molecule has 0 aromatic rings. The van der Waals surface area contributed by atoms with Crippen molar-refractivity contribution < 1.29 is 0 Å². The smallest absolute Gasteiger partial charge is 0.0640 e. The fraction of sp³-hybridized carbons (Fsp3) is 0.833. The van der Waals surface area contributed by atoms with Crippen LogP contribution in [0.25, 0.3) is 0 Å². The maximum absolute atomic E-state index is 8.24. The van der Waals surface area contributed by atoms with Crippen LogP contribution in [0.15, 0.2) is 0 Å². The summed E-state index contributed by atoms with van der Waals surface area (Å²) in [4.78, 5) is 0. The van der Waals surface area contributed by atoms with Gasteiger partial charge in [-0.1, -0.05) is 0 Å². The lowest BCUT2D eigenvalue weighted by Gasteiger charge is -2.18. The summed E-state index contributed by atoms with van der Waals surface area (Å²) in [5, 5.41) is 11.3. The zero-order valence-corrected chi connectivity index (χ0v) is 5.65. The van der Waals surface area contributed by atoms with Gasteiger partial charge in [0.25, 0.3) is 0 Å². The summed E-state index contributed by atoms with van der Waals surface area (Å²) < 4.78 is 0. The first kappa shape index (κ1) is 7.45. The highest BCUT2D eigenvalue weighted by Crippen LogP contribution is 2.03. The lowest BCUT2D eigenvalue weighted by atomic mass is 10.0. The van der Waals surface area contributed by atoms with Crippen molar-refractivity contribution in [2.45, 2.75) is 25.8 Å². The van der Waals surface area contributed by atoms with Crippen molar-refractivity contribution in [3.05, 3.63) is 0 Å². The summed E-state index contributed by atoms with van der Waals surface area (Å²) in [5.41, 5.74) is -0.0191. The molecule has 0 aromatic heterocycles. The molecule has 0 bridgehead atoms. The van der Waals surface area contributed by atoms with E-state index in [9.17, 15) is 0 Å². The Kier molecular flexibility index (Phi) is 2.50. The largest absolute Gasteiger partial charge is 0.314 e. The van der Waals surface area contributed by atoms with Crippen molar-refractivity contribution in [1.29, 1.82) is 5.26 Å². The van der Waals surface area contributed by atoms with Crippen LogP contribution in [0.4, 0.5) is 0 Å². The van der Waals surface area contributed by atoms with Crippen LogP contribution in [-0.4, -0.2) is 12.6 Å². The van der Waals surface area contributed by atoms with E-state index in [4.69, 9.17) is 5.26 Å². The van der Waals surface area contributed by atoms with Gasteiger partial charge in [-0.25, -0.2) is 0 Å². The molecule has 0 aromatic carbocycles. The molecule has 46 valence electrons. The van der Waals surface area contributed by atoms with Crippen LogP contribution in [-0.2, 0) is 0 Å². The van der Waals surface area contributed by atoms with E-state index in [-0.39, 0.29) is 5.54 Å². The van der Waals surface area contributed by atoms with Gasteiger partial charge in [0, 0.05) is 5.54 Å². The van der Waals surface area contributed by atoms with Crippen LogP contribution < -0.4 is 5.32 Å². The third kappa shape index (κ3) is 2.59. The first-order chi connectivity index (χ1) is 3.62. The Hall–Kier alpha value is -0.550. The predicted molar refractivity (Wildman–Crippen MR) is 33.4 cm³/mol. The second-order valence-corrected chi connectivity index (χ2v) is 2.47. The van der Waals surface area contributed by atoms with Crippen LogP contribution in [0.3, 0.4) is 0 Å². The maximum atomic E-state index is 8.24. The molecule has 0 atom stereocenters. The summed E-state index contributed by atoms with van der Waals surface area (Å²) in [6.45, 7) is 3.99. The first-order valence-electron chi connectivity index (χ1n) is 2.68. The number of hydrogen-bond acceptors (Lipinski definition) is 2. The van der Waals surface area contributed by atoms with Crippen LogP contribution >= 0.6 is 0 Å². The summed E-state index contributed by atoms with van der Waals surface area (Å²) >= 11 is 0. The quantitative estimate of drug-likeness (QED) is 0.576. The Morgan fingerprint density at radius 3 is 2.25 bits per heavy atom. The van der Waals surface area contributed by atoms with E-state index in [0.717, 1.165) is 0 Å². The Morgan fingerprint density at radius 1 is 1.62 bits per heavy atom. The average molecular weight is 112 g/mol. The third-order valence-corrected chi connectivity index (χ3v) is 1.20. The number of nitrogens with one attached hydrogen (secondary N) is 1. The van der Waals surface area contributed by atoms with Gasteiger partial charge in [0.1, 0.15) is 0 Å². The minimum absolute atomic E-state index is 0.0191. The Balaban J connectivity index is 3.58. The van der Waals surface area contributed by atoms with Gasteiger partial charge >= 0.3 is 0 Å². The van der Waals surface area contributed by atoms with Crippen molar-refractivity contribution in [2.24, 2.45) is 0 Å². The zero-order valence-electron chi connectivity index (χ0n) is 5.65. The van der Waals surface area contributed by atoms with E-state index >= 15 is 0 Å². The number of nitriles is 1. The van der Waals surface area contributed by atoms with Gasteiger partial charge < -0.3 is 5.32 Å². The number of rotatable bonds is 2. The van der Waals surface area contributed by atoms with Crippen LogP contribution in [0.5, 0.6) is 0 Å². The molecule has 0 rings (SSSR count). The van der Waals surface area contributed by atoms with E-state index in [2.05, 4.69) is 11.4 Å². The van der Waals surface area contributed by atoms with Crippen molar-refractivity contribution in [3.63, 3.8) is 0 Å². The van der Waals surface area contributed by atoms with Crippen molar-refractivity contribution >= 4 is 0 Å². The van der Waals surface area contributed by atoms with Crippen molar-refractivity contribution in [2.75, 3.05) is 7.05 Å². The van der Waals surface area contributed by atoms with Gasteiger partial charge in [0.05, 0.1) is 12.5 Å². The van der Waals surface area contributed by atoms with Crippen LogP contribution in [0.2, 0.25) is 0 Å². The van der Waals surface area contributed by atoms with E-state index in [1.54, 1.807) is 0 Å². The molecule has 0 aliphatic rings. The van der Waals surface area contributed by atoms with Crippen molar-refractivity contribution in [3.8, 4) is 6.07 Å². The number of nitrogens with zero attached hydrogens (tertiary/aromatic N) is 1. The normalized spacial score (nSPS) is 10.8. The van der Waals surface area contributed by atoms with Gasteiger partial charge in [0.15, 0.2) is 0 Å². The highest BCUT2D eigenvalue weighted by atomic mass is 14.9. The molecule has 1 N–H and O–H groups in total. The van der Waals surface area contributed by atoms with E-state index in [1.165, 1.54) is 0 Å². The second-order valence-electron chi connectivity index (χ2n) is 2.47. The molecule has 0 amide bonds. The molecule has 0 aliphatic heterocycles. The molecule has 0 saturated heterocycles. The molecule has 8 heavy (non-hydrogen) atoms. The topological polar surface area (TPSA) is 35.8 Å². The lowest BCUT2D eigenvalue weighted by Crippen LogP contribution is -2.35. The average Bonchev–Trinajstić information content (AvgIpc) is 1.67. The molecule has 0 aliphatic carbocycles. The Labute approximate surface area is 50.5 Å². The molecule has 0 spiro atoms. The first-order valence-corrected chi connectivity index (χ1v) is 2.68. The predicted octanol–water partition coefficient (Wildman–Crippen LogP) is 0.898. The summed E-state index contributed by atoms with van der Waals surface area (Å²) in [7, 11) is 1.86.